The molecule has 6 nitrogen and oxygen atoms in total. The second kappa shape index (κ2) is 10.6. The van der Waals surface area contributed by atoms with Crippen molar-refractivity contribution in [3.8, 4) is 17.0 Å². The summed E-state index contributed by atoms with van der Waals surface area (Å²) in [5.41, 5.74) is 0.758. The number of rotatable bonds is 7. The second-order valence-electron chi connectivity index (χ2n) is 8.10. The molecule has 0 N–H and O–H groups in total. The standard InChI is InChI=1S/C24H23BrClF3N4O2/c1-35-20-13-17(7-8-19(20)26)31-9-11-32(12-10-31)18(15-34)14-33-23(24(27,28)29)21(25)22(30-33)16-5-3-2-4-6-16/h2-8,13,15,18H,9-12,14H2,1H3. The van der Waals surface area contributed by atoms with E-state index < -0.39 is 17.9 Å². The van der Waals surface area contributed by atoms with Crippen molar-refractivity contribution >= 4 is 39.5 Å². The van der Waals surface area contributed by atoms with Gasteiger partial charge in [-0.1, -0.05) is 41.9 Å². The number of alkyl halides is 3. The summed E-state index contributed by atoms with van der Waals surface area (Å²) in [7, 11) is 1.55. The van der Waals surface area contributed by atoms with Crippen LogP contribution in [0.3, 0.4) is 0 Å². The summed E-state index contributed by atoms with van der Waals surface area (Å²) in [4.78, 5) is 16.0. The van der Waals surface area contributed by atoms with Gasteiger partial charge in [0.25, 0.3) is 0 Å². The van der Waals surface area contributed by atoms with Gasteiger partial charge < -0.3 is 14.4 Å². The highest BCUT2D eigenvalue weighted by Gasteiger charge is 2.40. The van der Waals surface area contributed by atoms with E-state index >= 15 is 0 Å². The van der Waals surface area contributed by atoms with Gasteiger partial charge in [0.15, 0.2) is 5.69 Å². The molecule has 0 saturated carbocycles. The Morgan fingerprint density at radius 2 is 1.83 bits per heavy atom. The van der Waals surface area contributed by atoms with E-state index in [1.807, 2.05) is 17.0 Å². The van der Waals surface area contributed by atoms with Gasteiger partial charge in [-0.05, 0) is 28.1 Å². The molecule has 1 aliphatic heterocycles. The summed E-state index contributed by atoms with van der Waals surface area (Å²) in [5, 5.41) is 4.76. The van der Waals surface area contributed by atoms with Crippen LogP contribution in [0.5, 0.6) is 5.75 Å². The largest absolute Gasteiger partial charge is 0.495 e. The van der Waals surface area contributed by atoms with E-state index in [0.717, 1.165) is 10.4 Å². The van der Waals surface area contributed by atoms with Crippen LogP contribution in [0.15, 0.2) is 53.0 Å². The molecule has 4 rings (SSSR count). The summed E-state index contributed by atoms with van der Waals surface area (Å²) in [6.07, 6.45) is -3.95. The van der Waals surface area contributed by atoms with Gasteiger partial charge in [-0.25, -0.2) is 0 Å². The van der Waals surface area contributed by atoms with Gasteiger partial charge >= 0.3 is 6.18 Å². The topological polar surface area (TPSA) is 50.6 Å². The van der Waals surface area contributed by atoms with Crippen LogP contribution in [0.4, 0.5) is 18.9 Å². The fraction of sp³-hybridized carbons (Fsp3) is 0.333. The molecule has 1 atom stereocenters. The lowest BCUT2D eigenvalue weighted by Crippen LogP contribution is -2.52. The number of carbonyl (C=O) groups is 1. The van der Waals surface area contributed by atoms with Crippen molar-refractivity contribution in [3.63, 3.8) is 0 Å². The van der Waals surface area contributed by atoms with Crippen molar-refractivity contribution in [2.24, 2.45) is 0 Å². The summed E-state index contributed by atoms with van der Waals surface area (Å²) in [5.74, 6) is 0.565. The van der Waals surface area contributed by atoms with Gasteiger partial charge in [0.1, 0.15) is 17.7 Å². The molecular formula is C24H23BrClF3N4O2. The number of aldehydes is 1. The Bertz CT molecular complexity index is 1180. The zero-order chi connectivity index (χ0) is 25.2. The Labute approximate surface area is 214 Å². The number of ether oxygens (including phenoxy) is 1. The summed E-state index contributed by atoms with van der Waals surface area (Å²) in [6, 6.07) is 13.4. The zero-order valence-electron chi connectivity index (χ0n) is 18.8. The molecule has 2 heterocycles. The molecule has 0 spiro atoms. The summed E-state index contributed by atoms with van der Waals surface area (Å²) >= 11 is 9.21. The van der Waals surface area contributed by atoms with Crippen molar-refractivity contribution in [2.75, 3.05) is 38.2 Å². The van der Waals surface area contributed by atoms with Crippen LogP contribution < -0.4 is 9.64 Å². The van der Waals surface area contributed by atoms with E-state index in [2.05, 4.69) is 25.9 Å². The minimum Gasteiger partial charge on any atom is -0.495 e. The van der Waals surface area contributed by atoms with Crippen LogP contribution in [0.2, 0.25) is 5.02 Å². The van der Waals surface area contributed by atoms with Gasteiger partial charge in [0, 0.05) is 43.5 Å². The van der Waals surface area contributed by atoms with Crippen LogP contribution in [-0.4, -0.2) is 60.3 Å². The third-order valence-electron chi connectivity index (χ3n) is 6.01. The first-order valence-electron chi connectivity index (χ1n) is 10.9. The molecule has 1 aliphatic rings. The van der Waals surface area contributed by atoms with E-state index in [-0.39, 0.29) is 16.7 Å². The second-order valence-corrected chi connectivity index (χ2v) is 9.30. The smallest absolute Gasteiger partial charge is 0.434 e. The lowest BCUT2D eigenvalue weighted by atomic mass is 10.1. The first kappa shape index (κ1) is 25.5. The molecular weight excluding hydrogens is 549 g/mol. The molecule has 1 unspecified atom stereocenters. The van der Waals surface area contributed by atoms with Crippen molar-refractivity contribution in [1.82, 2.24) is 14.7 Å². The Kier molecular flexibility index (Phi) is 7.73. The Hall–Kier alpha value is -2.56. The third kappa shape index (κ3) is 5.49. The zero-order valence-corrected chi connectivity index (χ0v) is 21.1. The molecule has 3 aromatic rings. The molecule has 1 fully saturated rings. The lowest BCUT2D eigenvalue weighted by Gasteiger charge is -2.38. The number of anilines is 1. The van der Waals surface area contributed by atoms with E-state index in [1.54, 1.807) is 43.5 Å². The normalized spacial score (nSPS) is 15.8. The average Bonchev–Trinajstić information content (AvgIpc) is 3.19. The van der Waals surface area contributed by atoms with E-state index in [1.165, 1.54) is 0 Å². The Morgan fingerprint density at radius 1 is 1.14 bits per heavy atom. The van der Waals surface area contributed by atoms with Crippen molar-refractivity contribution < 1.29 is 22.7 Å². The van der Waals surface area contributed by atoms with Gasteiger partial charge in [0.2, 0.25) is 0 Å². The van der Waals surface area contributed by atoms with Crippen LogP contribution in [-0.2, 0) is 17.5 Å². The number of halogens is 5. The van der Waals surface area contributed by atoms with E-state index in [4.69, 9.17) is 16.3 Å². The quantitative estimate of drug-likeness (QED) is 0.357. The first-order chi connectivity index (χ1) is 16.7. The fourth-order valence-corrected chi connectivity index (χ4v) is 5.13. The summed E-state index contributed by atoms with van der Waals surface area (Å²) in [6.45, 7) is 1.99. The van der Waals surface area contributed by atoms with Crippen molar-refractivity contribution in [2.45, 2.75) is 18.8 Å². The predicted molar refractivity (Wildman–Crippen MR) is 132 cm³/mol. The number of methoxy groups -OCH3 is 1. The lowest BCUT2D eigenvalue weighted by molar-refractivity contribution is -0.145. The van der Waals surface area contributed by atoms with Gasteiger partial charge in [0.05, 0.1) is 29.2 Å². The molecule has 1 saturated heterocycles. The highest BCUT2D eigenvalue weighted by Crippen LogP contribution is 2.40. The molecule has 0 aliphatic carbocycles. The number of piperazine rings is 1. The van der Waals surface area contributed by atoms with E-state index in [9.17, 15) is 18.0 Å². The van der Waals surface area contributed by atoms with Gasteiger partial charge in [-0.2, -0.15) is 18.3 Å². The minimum absolute atomic E-state index is 0.137. The highest BCUT2D eigenvalue weighted by molar-refractivity contribution is 9.10. The predicted octanol–water partition coefficient (Wildman–Crippen LogP) is 5.38. The van der Waals surface area contributed by atoms with Crippen LogP contribution in [0, 0.1) is 0 Å². The van der Waals surface area contributed by atoms with Crippen LogP contribution in [0.25, 0.3) is 11.3 Å². The Balaban J connectivity index is 1.53. The molecule has 0 radical (unpaired) electrons. The maximum Gasteiger partial charge on any atom is 0.434 e. The maximum atomic E-state index is 13.9. The third-order valence-corrected chi connectivity index (χ3v) is 7.07. The Morgan fingerprint density at radius 3 is 2.43 bits per heavy atom. The number of aromatic nitrogens is 2. The number of benzene rings is 2. The average molecular weight is 572 g/mol. The molecule has 0 amide bonds. The first-order valence-corrected chi connectivity index (χ1v) is 12.1. The summed E-state index contributed by atoms with van der Waals surface area (Å²) < 4.78 is 47.9. The molecule has 0 bridgehead atoms. The van der Waals surface area contributed by atoms with E-state index in [0.29, 0.717) is 48.8 Å². The number of hydrogen-bond acceptors (Lipinski definition) is 5. The number of nitrogens with zero attached hydrogens (tertiary/aromatic N) is 4. The maximum absolute atomic E-state index is 13.9. The fourth-order valence-electron chi connectivity index (χ4n) is 4.20. The molecule has 11 heteroatoms. The van der Waals surface area contributed by atoms with Crippen molar-refractivity contribution in [1.29, 1.82) is 0 Å². The van der Waals surface area contributed by atoms with Crippen molar-refractivity contribution in [3.05, 3.63) is 63.7 Å². The SMILES string of the molecule is COc1cc(N2CCN(C(C=O)Cn3nc(-c4ccccc4)c(Br)c3C(F)(F)F)CC2)ccc1Cl. The van der Waals surface area contributed by atoms with Crippen LogP contribution in [0.1, 0.15) is 5.69 Å². The molecule has 186 valence electrons. The molecule has 35 heavy (non-hydrogen) atoms. The highest BCUT2D eigenvalue weighted by atomic mass is 79.9. The van der Waals surface area contributed by atoms with Gasteiger partial charge in [-0.15, -0.1) is 0 Å². The number of carbonyl (C=O) groups excluding carboxylic acids is 1. The monoisotopic (exact) mass is 570 g/mol. The number of hydrogen-bond donors (Lipinski definition) is 0. The molecule has 2 aromatic carbocycles. The molecule has 1 aromatic heterocycles. The van der Waals surface area contributed by atoms with Crippen LogP contribution >= 0.6 is 27.5 Å². The minimum atomic E-state index is -4.64. The van der Waals surface area contributed by atoms with Gasteiger partial charge in [-0.3, -0.25) is 9.58 Å².